The molecule has 0 radical (unpaired) electrons. The first kappa shape index (κ1) is 23.0. The van der Waals surface area contributed by atoms with Gasteiger partial charge < -0.3 is 44.9 Å². The third kappa shape index (κ3) is 2.69. The highest BCUT2D eigenvalue weighted by Gasteiger charge is 2.46. The van der Waals surface area contributed by atoms with E-state index in [0.29, 0.717) is 21.8 Å². The fourth-order valence-corrected chi connectivity index (χ4v) is 5.93. The third-order valence-corrected chi connectivity index (χ3v) is 7.61. The van der Waals surface area contributed by atoms with Gasteiger partial charge in [0.05, 0.1) is 34.3 Å². The van der Waals surface area contributed by atoms with Crippen molar-refractivity contribution in [1.29, 1.82) is 0 Å². The van der Waals surface area contributed by atoms with Crippen molar-refractivity contribution in [2.75, 3.05) is 6.61 Å². The number of H-pyrrole nitrogens is 1. The first-order valence-corrected chi connectivity index (χ1v) is 11.9. The number of aliphatic hydroxyl groups is 4. The molecular weight excluding hydrogens is 498 g/mol. The summed E-state index contributed by atoms with van der Waals surface area (Å²) in [6, 6.07) is 9.81. The number of rotatable bonds is 2. The monoisotopic (exact) mass is 519 g/mol. The average molecular weight is 519 g/mol. The van der Waals surface area contributed by atoms with Crippen molar-refractivity contribution in [2.45, 2.75) is 30.6 Å². The van der Waals surface area contributed by atoms with Crippen molar-refractivity contribution in [2.24, 2.45) is 0 Å². The number of hydrogen-bond donors (Lipinski definition) is 8. The zero-order chi connectivity index (χ0) is 26.6. The molecule has 5 aromatic rings. The van der Waals surface area contributed by atoms with E-state index >= 15 is 0 Å². The van der Waals surface area contributed by atoms with E-state index in [2.05, 4.69) is 10.3 Å². The summed E-state index contributed by atoms with van der Waals surface area (Å²) in [6.45, 7) is -0.691. The van der Waals surface area contributed by atoms with Crippen LogP contribution in [0.4, 0.5) is 0 Å². The molecule has 2 amide bonds. The number of imide groups is 1. The molecule has 0 bridgehead atoms. The van der Waals surface area contributed by atoms with Crippen LogP contribution < -0.4 is 5.32 Å². The second-order valence-electron chi connectivity index (χ2n) is 9.60. The lowest BCUT2D eigenvalue weighted by Crippen LogP contribution is -2.56. The maximum atomic E-state index is 13.2. The number of aromatic nitrogens is 2. The van der Waals surface area contributed by atoms with E-state index in [-0.39, 0.29) is 32.9 Å². The Hall–Kier alpha value is -4.20. The lowest BCUT2D eigenvalue weighted by molar-refractivity contribution is -0.249. The molecule has 2 aliphatic heterocycles. The lowest BCUT2D eigenvalue weighted by atomic mass is 9.96. The van der Waals surface area contributed by atoms with Gasteiger partial charge in [-0.25, -0.2) is 0 Å². The molecule has 1 saturated heterocycles. The topological polar surface area (TPSA) is 197 Å². The van der Waals surface area contributed by atoms with Crippen LogP contribution in [0.15, 0.2) is 36.4 Å². The molecule has 38 heavy (non-hydrogen) atoms. The molecule has 8 N–H and O–H groups in total. The van der Waals surface area contributed by atoms with Crippen LogP contribution in [0.1, 0.15) is 26.9 Å². The normalized spacial score (nSPS) is 25.6. The van der Waals surface area contributed by atoms with E-state index in [1.54, 1.807) is 24.3 Å². The molecule has 0 aliphatic carbocycles. The van der Waals surface area contributed by atoms with Crippen molar-refractivity contribution in [3.63, 3.8) is 0 Å². The summed E-state index contributed by atoms with van der Waals surface area (Å²) in [5.41, 5.74) is 1.37. The SMILES string of the molecule is O=C1NC(=O)c2c1c1c3ccccc3[nH]c1c1c2c2ccc(O)c(O)c2n1[C@@H]1O[C@H](CO)[C@@H](O)[C@H](O)[C@H]1O. The number of fused-ring (bicyclic) bond motifs is 10. The molecule has 0 spiro atoms. The van der Waals surface area contributed by atoms with Gasteiger partial charge in [0.15, 0.2) is 17.7 Å². The van der Waals surface area contributed by atoms with Gasteiger partial charge in [-0.05, 0) is 18.2 Å². The Labute approximate surface area is 211 Å². The molecule has 0 unspecified atom stereocenters. The van der Waals surface area contributed by atoms with Crippen molar-refractivity contribution in [1.82, 2.24) is 14.9 Å². The highest BCUT2D eigenvalue weighted by atomic mass is 16.6. The van der Waals surface area contributed by atoms with E-state index in [1.807, 2.05) is 0 Å². The van der Waals surface area contributed by atoms with Gasteiger partial charge in [0.2, 0.25) is 0 Å². The minimum absolute atomic E-state index is 0.0423. The fourth-order valence-electron chi connectivity index (χ4n) is 5.93. The number of aromatic amines is 1. The van der Waals surface area contributed by atoms with Crippen molar-refractivity contribution < 1.29 is 45.0 Å². The number of carbonyl (C=O) groups excluding carboxylic acids is 2. The maximum absolute atomic E-state index is 13.2. The maximum Gasteiger partial charge on any atom is 0.259 e. The summed E-state index contributed by atoms with van der Waals surface area (Å²) in [5, 5.41) is 67.1. The van der Waals surface area contributed by atoms with Gasteiger partial charge in [-0.2, -0.15) is 0 Å². The van der Waals surface area contributed by atoms with Gasteiger partial charge in [0.1, 0.15) is 24.4 Å². The van der Waals surface area contributed by atoms with E-state index in [0.717, 1.165) is 0 Å². The molecule has 1 fully saturated rings. The molecule has 3 aromatic carbocycles. The summed E-state index contributed by atoms with van der Waals surface area (Å²) >= 11 is 0. The number of nitrogens with one attached hydrogen (secondary N) is 2. The van der Waals surface area contributed by atoms with Gasteiger partial charge in [0, 0.05) is 27.1 Å². The molecule has 2 aliphatic rings. The molecule has 12 heteroatoms. The largest absolute Gasteiger partial charge is 0.504 e. The lowest BCUT2D eigenvalue weighted by Gasteiger charge is -2.41. The molecule has 5 atom stereocenters. The Morgan fingerprint density at radius 1 is 0.842 bits per heavy atom. The van der Waals surface area contributed by atoms with Crippen LogP contribution >= 0.6 is 0 Å². The highest BCUT2D eigenvalue weighted by molar-refractivity contribution is 6.39. The van der Waals surface area contributed by atoms with Crippen molar-refractivity contribution >= 4 is 55.4 Å². The smallest absolute Gasteiger partial charge is 0.259 e. The first-order chi connectivity index (χ1) is 18.2. The molecule has 2 aromatic heterocycles. The minimum atomic E-state index is -1.75. The number of hydrogen-bond acceptors (Lipinski definition) is 9. The van der Waals surface area contributed by atoms with Crippen LogP contribution in [-0.4, -0.2) is 83.0 Å². The van der Waals surface area contributed by atoms with Gasteiger partial charge >= 0.3 is 0 Å². The van der Waals surface area contributed by atoms with Crippen LogP contribution in [-0.2, 0) is 4.74 Å². The van der Waals surface area contributed by atoms with Crippen LogP contribution in [0.5, 0.6) is 11.5 Å². The fraction of sp³-hybridized carbons (Fsp3) is 0.231. The molecule has 4 heterocycles. The molecule has 7 rings (SSSR count). The zero-order valence-electron chi connectivity index (χ0n) is 19.4. The Balaban J connectivity index is 1.74. The summed E-state index contributed by atoms with van der Waals surface area (Å²) in [5.74, 6) is -2.37. The Morgan fingerprint density at radius 3 is 2.29 bits per heavy atom. The summed E-state index contributed by atoms with van der Waals surface area (Å²) < 4.78 is 7.17. The van der Waals surface area contributed by atoms with Gasteiger partial charge in [-0.15, -0.1) is 0 Å². The number of nitrogens with zero attached hydrogens (tertiary/aromatic N) is 1. The van der Waals surface area contributed by atoms with E-state index < -0.39 is 60.6 Å². The van der Waals surface area contributed by atoms with Gasteiger partial charge in [-0.1, -0.05) is 18.2 Å². The molecule has 194 valence electrons. The molecular formula is C26H21N3O9. The number of benzene rings is 3. The highest BCUT2D eigenvalue weighted by Crippen LogP contribution is 2.49. The Kier molecular flexibility index (Phi) is 4.63. The Morgan fingerprint density at radius 2 is 1.55 bits per heavy atom. The zero-order valence-corrected chi connectivity index (χ0v) is 19.4. The van der Waals surface area contributed by atoms with Crippen LogP contribution in [0, 0.1) is 0 Å². The number of ether oxygens (including phenoxy) is 1. The average Bonchev–Trinajstić information content (AvgIpc) is 3.54. The molecule has 0 saturated carbocycles. The molecule has 12 nitrogen and oxygen atoms in total. The second kappa shape index (κ2) is 7.66. The minimum Gasteiger partial charge on any atom is -0.504 e. The summed E-state index contributed by atoms with van der Waals surface area (Å²) in [6.07, 6.45) is -7.90. The quantitative estimate of drug-likeness (QED) is 0.122. The van der Waals surface area contributed by atoms with Gasteiger partial charge in [0.25, 0.3) is 11.8 Å². The predicted molar refractivity (Wildman–Crippen MR) is 133 cm³/mol. The number of amides is 2. The summed E-state index contributed by atoms with van der Waals surface area (Å²) in [4.78, 5) is 29.5. The number of phenols is 2. The summed E-state index contributed by atoms with van der Waals surface area (Å²) in [7, 11) is 0. The first-order valence-electron chi connectivity index (χ1n) is 11.9. The van der Waals surface area contributed by atoms with Crippen molar-refractivity contribution in [3.05, 3.63) is 47.5 Å². The van der Waals surface area contributed by atoms with Gasteiger partial charge in [-0.3, -0.25) is 14.9 Å². The second-order valence-corrected chi connectivity index (χ2v) is 9.60. The Bertz CT molecular complexity index is 1850. The van der Waals surface area contributed by atoms with E-state index in [4.69, 9.17) is 4.74 Å². The van der Waals surface area contributed by atoms with E-state index in [9.17, 15) is 40.2 Å². The predicted octanol–water partition coefficient (Wildman–Crippen LogP) is 0.696. The van der Waals surface area contributed by atoms with Crippen LogP contribution in [0.3, 0.4) is 0 Å². The van der Waals surface area contributed by atoms with Crippen LogP contribution in [0.25, 0.3) is 43.6 Å². The number of para-hydroxylation sites is 1. The standard InChI is InChI=1S/C26H21N3O9/c30-7-12-21(33)22(34)23(35)26(38-12)29-18-9(5-6-11(31)20(18)32)14-16-15(24(36)28-25(16)37)13-8-3-1-2-4-10(8)27-17(13)19(14)29/h1-6,12,21-23,26-27,30-35H,7H2,(H,28,36,37)/t12-,21-,22+,23-,26-/m1/s1. The number of aliphatic hydroxyl groups excluding tert-OH is 4. The number of phenolic OH excluding ortho intramolecular Hbond substituents is 2. The third-order valence-electron chi connectivity index (χ3n) is 7.61. The van der Waals surface area contributed by atoms with Crippen LogP contribution in [0.2, 0.25) is 0 Å². The van der Waals surface area contributed by atoms with Crippen molar-refractivity contribution in [3.8, 4) is 11.5 Å². The number of aromatic hydroxyl groups is 2. The van der Waals surface area contributed by atoms with E-state index in [1.165, 1.54) is 16.7 Å². The number of carbonyl (C=O) groups is 2.